The van der Waals surface area contributed by atoms with Gasteiger partial charge in [0.25, 0.3) is 0 Å². The third-order valence-corrected chi connectivity index (χ3v) is 5.08. The van der Waals surface area contributed by atoms with Crippen molar-refractivity contribution in [2.24, 2.45) is 5.73 Å². The van der Waals surface area contributed by atoms with Gasteiger partial charge < -0.3 is 10.8 Å². The third kappa shape index (κ3) is 3.00. The average Bonchev–Trinajstić information content (AvgIpc) is 2.71. The van der Waals surface area contributed by atoms with Crippen molar-refractivity contribution in [3.05, 3.63) is 56.2 Å². The molecule has 1 heterocycles. The van der Waals surface area contributed by atoms with Gasteiger partial charge in [0, 0.05) is 12.5 Å². The van der Waals surface area contributed by atoms with Gasteiger partial charge in [0.15, 0.2) is 0 Å². The lowest BCUT2D eigenvalue weighted by Gasteiger charge is -2.22. The zero-order valence-electron chi connectivity index (χ0n) is 11.1. The van der Waals surface area contributed by atoms with E-state index in [0.29, 0.717) is 11.6 Å². The van der Waals surface area contributed by atoms with E-state index in [-0.39, 0.29) is 5.92 Å². The Hall–Kier alpha value is -0.870. The van der Waals surface area contributed by atoms with Crippen LogP contribution in [0.15, 0.2) is 29.6 Å². The molecule has 2 unspecified atom stereocenters. The molecule has 0 fully saturated rings. The minimum absolute atomic E-state index is 0.129. The van der Waals surface area contributed by atoms with Crippen LogP contribution in [0.2, 0.25) is 5.02 Å². The predicted molar refractivity (Wildman–Crippen MR) is 82.0 cm³/mol. The van der Waals surface area contributed by atoms with E-state index >= 15 is 0 Å². The number of hydrogen-bond acceptors (Lipinski definition) is 3. The molecule has 0 amide bonds. The summed E-state index contributed by atoms with van der Waals surface area (Å²) in [5.41, 5.74) is 9.07. The van der Waals surface area contributed by atoms with Crippen LogP contribution in [0.3, 0.4) is 0 Å². The SMILES string of the molecule is Cc1cccc(C(CN)C(O)c2scc(C)c2Cl)c1. The van der Waals surface area contributed by atoms with Gasteiger partial charge in [-0.2, -0.15) is 0 Å². The van der Waals surface area contributed by atoms with Gasteiger partial charge in [-0.25, -0.2) is 0 Å². The maximum atomic E-state index is 10.6. The first kappa shape index (κ1) is 14.5. The zero-order chi connectivity index (χ0) is 14.0. The van der Waals surface area contributed by atoms with Crippen molar-refractivity contribution in [1.82, 2.24) is 0 Å². The Morgan fingerprint density at radius 2 is 2.11 bits per heavy atom. The van der Waals surface area contributed by atoms with Crippen LogP contribution in [0.1, 0.15) is 33.6 Å². The third-order valence-electron chi connectivity index (χ3n) is 3.30. The predicted octanol–water partition coefficient (Wildman–Crippen LogP) is 3.79. The molecule has 1 aromatic carbocycles. The summed E-state index contributed by atoms with van der Waals surface area (Å²) in [6.45, 7) is 4.36. The van der Waals surface area contributed by atoms with Crippen molar-refractivity contribution in [2.75, 3.05) is 6.54 Å². The van der Waals surface area contributed by atoms with Crippen LogP contribution in [0.25, 0.3) is 0 Å². The number of rotatable bonds is 4. The molecule has 0 aliphatic rings. The van der Waals surface area contributed by atoms with Gasteiger partial charge in [0.05, 0.1) is 16.0 Å². The smallest absolute Gasteiger partial charge is 0.0977 e. The molecule has 0 saturated heterocycles. The maximum Gasteiger partial charge on any atom is 0.0977 e. The molecule has 0 radical (unpaired) electrons. The van der Waals surface area contributed by atoms with E-state index in [1.165, 1.54) is 11.3 Å². The standard InChI is InChI=1S/C15H18ClNOS/c1-9-4-3-5-11(6-9)12(7-17)14(18)15-13(16)10(2)8-19-15/h3-6,8,12,14,18H,7,17H2,1-2H3. The fourth-order valence-corrected chi connectivity index (χ4v) is 3.53. The molecular weight excluding hydrogens is 278 g/mol. The summed E-state index contributed by atoms with van der Waals surface area (Å²) >= 11 is 7.72. The maximum absolute atomic E-state index is 10.6. The number of halogens is 1. The fourth-order valence-electron chi connectivity index (χ4n) is 2.18. The van der Waals surface area contributed by atoms with Gasteiger partial charge in [0.2, 0.25) is 0 Å². The van der Waals surface area contributed by atoms with Crippen LogP contribution in [-0.4, -0.2) is 11.7 Å². The first-order valence-electron chi connectivity index (χ1n) is 6.22. The Bertz CT molecular complexity index is 567. The molecule has 19 heavy (non-hydrogen) atoms. The van der Waals surface area contributed by atoms with Crippen LogP contribution in [0, 0.1) is 13.8 Å². The summed E-state index contributed by atoms with van der Waals surface area (Å²) in [6, 6.07) is 8.09. The summed E-state index contributed by atoms with van der Waals surface area (Å²) in [6.07, 6.45) is -0.655. The van der Waals surface area contributed by atoms with Crippen LogP contribution in [0.4, 0.5) is 0 Å². The summed E-state index contributed by atoms with van der Waals surface area (Å²) in [4.78, 5) is 0.802. The van der Waals surface area contributed by atoms with Gasteiger partial charge in [-0.15, -0.1) is 11.3 Å². The van der Waals surface area contributed by atoms with E-state index in [0.717, 1.165) is 21.6 Å². The molecule has 4 heteroatoms. The molecule has 2 nitrogen and oxygen atoms in total. The number of aryl methyl sites for hydroxylation is 2. The van der Waals surface area contributed by atoms with E-state index in [1.807, 2.05) is 37.4 Å². The minimum atomic E-state index is -0.655. The molecule has 1 aromatic heterocycles. The molecule has 0 aliphatic carbocycles. The van der Waals surface area contributed by atoms with E-state index in [9.17, 15) is 5.11 Å². The topological polar surface area (TPSA) is 46.2 Å². The summed E-state index contributed by atoms with van der Waals surface area (Å²) < 4.78 is 0. The highest BCUT2D eigenvalue weighted by Gasteiger charge is 2.25. The van der Waals surface area contributed by atoms with Crippen molar-refractivity contribution < 1.29 is 5.11 Å². The summed E-state index contributed by atoms with van der Waals surface area (Å²) in [5.74, 6) is -0.129. The molecule has 0 saturated carbocycles. The highest BCUT2D eigenvalue weighted by atomic mass is 35.5. The highest BCUT2D eigenvalue weighted by Crippen LogP contribution is 2.39. The van der Waals surface area contributed by atoms with E-state index < -0.39 is 6.10 Å². The molecule has 0 aliphatic heterocycles. The van der Waals surface area contributed by atoms with Gasteiger partial charge >= 0.3 is 0 Å². The largest absolute Gasteiger partial charge is 0.387 e. The first-order valence-corrected chi connectivity index (χ1v) is 7.48. The second-order valence-electron chi connectivity index (χ2n) is 4.80. The van der Waals surface area contributed by atoms with Crippen molar-refractivity contribution in [3.8, 4) is 0 Å². The Morgan fingerprint density at radius 3 is 2.63 bits per heavy atom. The molecule has 0 bridgehead atoms. The van der Waals surface area contributed by atoms with Crippen LogP contribution >= 0.6 is 22.9 Å². The van der Waals surface area contributed by atoms with Crippen LogP contribution in [-0.2, 0) is 0 Å². The number of aliphatic hydroxyl groups is 1. The first-order chi connectivity index (χ1) is 9.04. The zero-order valence-corrected chi connectivity index (χ0v) is 12.6. The Morgan fingerprint density at radius 1 is 1.37 bits per heavy atom. The van der Waals surface area contributed by atoms with Crippen molar-refractivity contribution in [3.63, 3.8) is 0 Å². The molecule has 102 valence electrons. The molecule has 3 N–H and O–H groups in total. The lowest BCUT2D eigenvalue weighted by molar-refractivity contribution is 0.151. The second kappa shape index (κ2) is 6.06. The number of aliphatic hydroxyl groups excluding tert-OH is 1. The highest BCUT2D eigenvalue weighted by molar-refractivity contribution is 7.10. The number of hydrogen-bond donors (Lipinski definition) is 2. The van der Waals surface area contributed by atoms with Crippen molar-refractivity contribution in [2.45, 2.75) is 25.9 Å². The normalized spacial score (nSPS) is 14.4. The van der Waals surface area contributed by atoms with Gasteiger partial charge in [-0.05, 0) is 30.4 Å². The van der Waals surface area contributed by atoms with Gasteiger partial charge in [-0.1, -0.05) is 41.4 Å². The van der Waals surface area contributed by atoms with Crippen molar-refractivity contribution >= 4 is 22.9 Å². The van der Waals surface area contributed by atoms with Crippen LogP contribution in [0.5, 0.6) is 0 Å². The lowest BCUT2D eigenvalue weighted by atomic mass is 9.91. The fraction of sp³-hybridized carbons (Fsp3) is 0.333. The monoisotopic (exact) mass is 295 g/mol. The molecule has 2 atom stereocenters. The molecule has 2 aromatic rings. The minimum Gasteiger partial charge on any atom is -0.387 e. The van der Waals surface area contributed by atoms with Gasteiger partial charge in [0.1, 0.15) is 0 Å². The second-order valence-corrected chi connectivity index (χ2v) is 6.09. The van der Waals surface area contributed by atoms with E-state index in [1.54, 1.807) is 0 Å². The van der Waals surface area contributed by atoms with Gasteiger partial charge in [-0.3, -0.25) is 0 Å². The average molecular weight is 296 g/mol. The number of benzene rings is 1. The Balaban J connectivity index is 2.34. The Labute approximate surface area is 122 Å². The van der Waals surface area contributed by atoms with Crippen LogP contribution < -0.4 is 5.73 Å². The molecule has 2 rings (SSSR count). The lowest BCUT2D eigenvalue weighted by Crippen LogP contribution is -2.19. The molecule has 0 spiro atoms. The van der Waals surface area contributed by atoms with Crippen molar-refractivity contribution in [1.29, 1.82) is 0 Å². The summed E-state index contributed by atoms with van der Waals surface area (Å²) in [5, 5.41) is 13.2. The van der Waals surface area contributed by atoms with E-state index in [2.05, 4.69) is 6.07 Å². The Kier molecular flexibility index (Phi) is 4.63. The quantitative estimate of drug-likeness (QED) is 0.901. The number of thiophene rings is 1. The number of nitrogens with two attached hydrogens (primary N) is 1. The summed E-state index contributed by atoms with van der Waals surface area (Å²) in [7, 11) is 0. The molecular formula is C15H18ClNOS. The van der Waals surface area contributed by atoms with E-state index in [4.69, 9.17) is 17.3 Å².